The van der Waals surface area contributed by atoms with Crippen molar-refractivity contribution in [2.45, 2.75) is 38.8 Å². The van der Waals surface area contributed by atoms with Crippen LogP contribution in [0.1, 0.15) is 27.2 Å². The van der Waals surface area contributed by atoms with Gasteiger partial charge in [0.25, 0.3) is 0 Å². The number of benzene rings is 1. The van der Waals surface area contributed by atoms with Crippen molar-refractivity contribution in [3.8, 4) is 5.75 Å². The second-order valence-electron chi connectivity index (χ2n) is 8.03. The van der Waals surface area contributed by atoms with Crippen molar-refractivity contribution in [3.63, 3.8) is 0 Å². The van der Waals surface area contributed by atoms with Gasteiger partial charge in [-0.3, -0.25) is 4.79 Å². The number of thiocarbonyl (C=S) groups is 1. The molecule has 6 nitrogen and oxygen atoms in total. The van der Waals surface area contributed by atoms with Crippen molar-refractivity contribution in [2.75, 3.05) is 44.7 Å². The number of carbonyl (C=O) groups is 1. The highest BCUT2D eigenvalue weighted by Gasteiger charge is 2.35. The van der Waals surface area contributed by atoms with E-state index in [2.05, 4.69) is 37.1 Å². The second kappa shape index (κ2) is 7.92. The molecule has 1 amide bonds. The van der Waals surface area contributed by atoms with E-state index < -0.39 is 0 Å². The van der Waals surface area contributed by atoms with Crippen LogP contribution in [0.5, 0.6) is 5.75 Å². The van der Waals surface area contributed by atoms with E-state index in [0.29, 0.717) is 24.7 Å². The molecule has 0 aliphatic carbocycles. The van der Waals surface area contributed by atoms with Gasteiger partial charge in [-0.2, -0.15) is 0 Å². The number of methoxy groups -OCH3 is 1. The van der Waals surface area contributed by atoms with Crippen LogP contribution in [0.15, 0.2) is 24.3 Å². The molecule has 0 saturated carbocycles. The molecular weight excluding hydrogens is 360 g/mol. The van der Waals surface area contributed by atoms with Crippen LogP contribution in [0.3, 0.4) is 0 Å². The zero-order valence-corrected chi connectivity index (χ0v) is 17.5. The Morgan fingerprint density at radius 2 is 1.93 bits per heavy atom. The van der Waals surface area contributed by atoms with Gasteiger partial charge in [-0.1, -0.05) is 12.1 Å². The molecule has 2 aliphatic heterocycles. The van der Waals surface area contributed by atoms with Gasteiger partial charge in [0.1, 0.15) is 5.75 Å². The molecule has 3 rings (SSSR count). The fraction of sp³-hybridized carbons (Fsp3) is 0.600. The van der Waals surface area contributed by atoms with Crippen LogP contribution in [0.25, 0.3) is 0 Å². The number of para-hydroxylation sites is 2. The molecule has 0 spiro atoms. The average molecular weight is 391 g/mol. The summed E-state index contributed by atoms with van der Waals surface area (Å²) in [5.41, 5.74) is 1.07. The summed E-state index contributed by atoms with van der Waals surface area (Å²) in [4.78, 5) is 19.1. The second-order valence-corrected chi connectivity index (χ2v) is 8.42. The molecule has 148 valence electrons. The first-order valence-corrected chi connectivity index (χ1v) is 9.96. The molecule has 1 atom stereocenters. The van der Waals surface area contributed by atoms with Crippen LogP contribution >= 0.6 is 12.2 Å². The number of nitrogens with zero attached hydrogens (tertiary/aromatic N) is 3. The van der Waals surface area contributed by atoms with Gasteiger partial charge in [-0.05, 0) is 51.5 Å². The summed E-state index contributed by atoms with van der Waals surface area (Å²) < 4.78 is 5.46. The molecule has 1 aromatic carbocycles. The number of piperazine rings is 1. The van der Waals surface area contributed by atoms with Crippen molar-refractivity contribution in [1.82, 2.24) is 15.1 Å². The predicted molar refractivity (Wildman–Crippen MR) is 112 cm³/mol. The maximum Gasteiger partial charge on any atom is 0.242 e. The first-order chi connectivity index (χ1) is 12.8. The van der Waals surface area contributed by atoms with Gasteiger partial charge < -0.3 is 24.8 Å². The Morgan fingerprint density at radius 1 is 1.26 bits per heavy atom. The molecule has 0 bridgehead atoms. The monoisotopic (exact) mass is 390 g/mol. The largest absolute Gasteiger partial charge is 0.495 e. The van der Waals surface area contributed by atoms with E-state index >= 15 is 0 Å². The summed E-state index contributed by atoms with van der Waals surface area (Å²) >= 11 is 5.51. The number of hydrogen-bond donors (Lipinski definition) is 1. The fourth-order valence-electron chi connectivity index (χ4n) is 4.02. The van der Waals surface area contributed by atoms with E-state index in [1.54, 1.807) is 7.11 Å². The molecule has 27 heavy (non-hydrogen) atoms. The van der Waals surface area contributed by atoms with E-state index in [0.717, 1.165) is 30.9 Å². The van der Waals surface area contributed by atoms with Crippen LogP contribution in [0.4, 0.5) is 5.69 Å². The minimum absolute atomic E-state index is 0.0174. The fourth-order valence-corrected chi connectivity index (χ4v) is 4.54. The first kappa shape index (κ1) is 19.7. The van der Waals surface area contributed by atoms with Crippen molar-refractivity contribution < 1.29 is 9.53 Å². The normalized spacial score (nSPS) is 22.4. The highest BCUT2D eigenvalue weighted by Crippen LogP contribution is 2.28. The Morgan fingerprint density at radius 3 is 2.56 bits per heavy atom. The molecule has 1 aromatic rings. The lowest BCUT2D eigenvalue weighted by molar-refractivity contribution is -0.132. The van der Waals surface area contributed by atoms with Crippen molar-refractivity contribution in [1.29, 1.82) is 0 Å². The maximum atomic E-state index is 12.8. The zero-order chi connectivity index (χ0) is 19.6. The molecule has 2 saturated heterocycles. The number of anilines is 1. The predicted octanol–water partition coefficient (Wildman–Crippen LogP) is 2.09. The topological polar surface area (TPSA) is 48.1 Å². The minimum Gasteiger partial charge on any atom is -0.495 e. The summed E-state index contributed by atoms with van der Waals surface area (Å²) in [6.45, 7) is 9.81. The van der Waals surface area contributed by atoms with Gasteiger partial charge in [-0.15, -0.1) is 0 Å². The standard InChI is InChI=1S/C20H30N4O2S/c1-15-13-20(2,3)21-19(27)24(15)14-18(25)23-11-9-22(10-12-23)16-7-5-6-8-17(16)26-4/h5-8,15H,9-14H2,1-4H3,(H,21,27)/t15-/m0/s1. The maximum absolute atomic E-state index is 12.8. The van der Waals surface area contributed by atoms with Crippen LogP contribution < -0.4 is 15.0 Å². The lowest BCUT2D eigenvalue weighted by atomic mass is 9.93. The van der Waals surface area contributed by atoms with Crippen LogP contribution in [-0.2, 0) is 4.79 Å². The number of ether oxygens (including phenoxy) is 1. The van der Waals surface area contributed by atoms with Crippen LogP contribution in [0.2, 0.25) is 0 Å². The molecule has 0 unspecified atom stereocenters. The smallest absolute Gasteiger partial charge is 0.242 e. The molecule has 2 aliphatic rings. The van der Waals surface area contributed by atoms with E-state index in [1.807, 2.05) is 28.0 Å². The Hall–Kier alpha value is -2.02. The van der Waals surface area contributed by atoms with E-state index in [4.69, 9.17) is 17.0 Å². The van der Waals surface area contributed by atoms with E-state index in [9.17, 15) is 4.79 Å². The Kier molecular flexibility index (Phi) is 5.79. The zero-order valence-electron chi connectivity index (χ0n) is 16.7. The number of nitrogens with one attached hydrogen (secondary N) is 1. The third-order valence-corrected chi connectivity index (χ3v) is 5.74. The average Bonchev–Trinajstić information content (AvgIpc) is 2.64. The van der Waals surface area contributed by atoms with Crippen LogP contribution in [0, 0.1) is 0 Å². The summed E-state index contributed by atoms with van der Waals surface area (Å²) in [7, 11) is 1.69. The quantitative estimate of drug-likeness (QED) is 0.795. The molecular formula is C20H30N4O2S. The first-order valence-electron chi connectivity index (χ1n) is 9.55. The highest BCUT2D eigenvalue weighted by atomic mass is 32.1. The number of carbonyl (C=O) groups excluding carboxylic acids is 1. The van der Waals surface area contributed by atoms with E-state index in [-0.39, 0.29) is 17.5 Å². The SMILES string of the molecule is COc1ccccc1N1CCN(C(=O)CN2C(=S)NC(C)(C)C[C@@H]2C)CC1. The van der Waals surface area contributed by atoms with Gasteiger partial charge in [0.05, 0.1) is 19.3 Å². The van der Waals surface area contributed by atoms with Crippen LogP contribution in [-0.4, -0.2) is 72.2 Å². The lowest BCUT2D eigenvalue weighted by Crippen LogP contribution is -2.62. The van der Waals surface area contributed by atoms with Crippen molar-refractivity contribution in [2.24, 2.45) is 0 Å². The van der Waals surface area contributed by atoms with Gasteiger partial charge in [-0.25, -0.2) is 0 Å². The summed E-state index contributed by atoms with van der Waals surface area (Å²) in [6.07, 6.45) is 0.960. The van der Waals surface area contributed by atoms with Gasteiger partial charge in [0.15, 0.2) is 5.11 Å². The number of rotatable bonds is 4. The van der Waals surface area contributed by atoms with Gasteiger partial charge in [0.2, 0.25) is 5.91 Å². The molecule has 2 heterocycles. The summed E-state index contributed by atoms with van der Waals surface area (Å²) in [5.74, 6) is 1.02. The lowest BCUT2D eigenvalue weighted by Gasteiger charge is -2.45. The summed E-state index contributed by atoms with van der Waals surface area (Å²) in [6, 6.07) is 8.29. The minimum atomic E-state index is -0.0174. The third-order valence-electron chi connectivity index (χ3n) is 5.41. The molecule has 0 radical (unpaired) electrons. The Labute approximate surface area is 167 Å². The molecule has 1 N–H and O–H groups in total. The number of amides is 1. The highest BCUT2D eigenvalue weighted by molar-refractivity contribution is 7.80. The Balaban J connectivity index is 1.57. The third kappa shape index (κ3) is 4.46. The summed E-state index contributed by atoms with van der Waals surface area (Å²) in [5, 5.41) is 4.03. The van der Waals surface area contributed by atoms with E-state index in [1.165, 1.54) is 0 Å². The molecule has 7 heteroatoms. The van der Waals surface area contributed by atoms with Gasteiger partial charge in [0, 0.05) is 37.8 Å². The molecule has 2 fully saturated rings. The Bertz CT molecular complexity index is 701. The molecule has 0 aromatic heterocycles. The van der Waals surface area contributed by atoms with Crippen molar-refractivity contribution >= 4 is 28.9 Å². The number of hydrogen-bond acceptors (Lipinski definition) is 4. The van der Waals surface area contributed by atoms with Gasteiger partial charge >= 0.3 is 0 Å². The van der Waals surface area contributed by atoms with Crippen molar-refractivity contribution in [3.05, 3.63) is 24.3 Å².